The Hall–Kier alpha value is -0.860. The zero-order valence-corrected chi connectivity index (χ0v) is 10.2. The van der Waals surface area contributed by atoms with E-state index in [4.69, 9.17) is 10.5 Å². The highest BCUT2D eigenvalue weighted by Crippen LogP contribution is 2.28. The van der Waals surface area contributed by atoms with Crippen LogP contribution in [0, 0.1) is 19.8 Å². The van der Waals surface area contributed by atoms with Crippen molar-refractivity contribution in [3.63, 3.8) is 0 Å². The average molecular weight is 219 g/mol. The van der Waals surface area contributed by atoms with E-state index in [0.29, 0.717) is 5.92 Å². The molecule has 0 unspecified atom stereocenters. The van der Waals surface area contributed by atoms with E-state index in [-0.39, 0.29) is 6.04 Å². The summed E-state index contributed by atoms with van der Waals surface area (Å²) in [6.07, 6.45) is 2.18. The van der Waals surface area contributed by atoms with E-state index in [0.717, 1.165) is 26.1 Å². The summed E-state index contributed by atoms with van der Waals surface area (Å²) in [4.78, 5) is 0. The second-order valence-electron chi connectivity index (χ2n) is 4.82. The Morgan fingerprint density at radius 1 is 1.19 bits per heavy atom. The maximum Gasteiger partial charge on any atom is 0.0469 e. The van der Waals surface area contributed by atoms with Crippen molar-refractivity contribution < 1.29 is 4.74 Å². The lowest BCUT2D eigenvalue weighted by Crippen LogP contribution is -2.27. The molecule has 1 atom stereocenters. The molecule has 1 aromatic rings. The number of hydrogen-bond donors (Lipinski definition) is 1. The van der Waals surface area contributed by atoms with Gasteiger partial charge in [-0.05, 0) is 49.3 Å². The van der Waals surface area contributed by atoms with Crippen LogP contribution in [0.15, 0.2) is 18.2 Å². The first-order valence-electron chi connectivity index (χ1n) is 6.09. The molecule has 0 aliphatic carbocycles. The topological polar surface area (TPSA) is 35.2 Å². The van der Waals surface area contributed by atoms with Crippen LogP contribution in [0.1, 0.15) is 35.6 Å². The molecular formula is C14H21NO. The Balaban J connectivity index is 2.12. The zero-order valence-electron chi connectivity index (χ0n) is 10.2. The normalized spacial score (nSPS) is 19.7. The van der Waals surface area contributed by atoms with Crippen molar-refractivity contribution >= 4 is 0 Å². The van der Waals surface area contributed by atoms with Gasteiger partial charge in [-0.1, -0.05) is 18.2 Å². The van der Waals surface area contributed by atoms with E-state index in [1.807, 2.05) is 0 Å². The molecule has 1 aliphatic heterocycles. The van der Waals surface area contributed by atoms with Gasteiger partial charge in [-0.3, -0.25) is 0 Å². The van der Waals surface area contributed by atoms with Gasteiger partial charge in [-0.15, -0.1) is 0 Å². The zero-order chi connectivity index (χ0) is 11.5. The monoisotopic (exact) mass is 219 g/mol. The van der Waals surface area contributed by atoms with Gasteiger partial charge in [0.15, 0.2) is 0 Å². The molecule has 1 saturated heterocycles. The summed E-state index contributed by atoms with van der Waals surface area (Å²) in [5, 5.41) is 0. The molecule has 1 aliphatic rings. The number of rotatable bonds is 2. The summed E-state index contributed by atoms with van der Waals surface area (Å²) < 4.78 is 5.37. The average Bonchev–Trinajstić information content (AvgIpc) is 2.33. The molecule has 1 heterocycles. The van der Waals surface area contributed by atoms with Crippen LogP contribution < -0.4 is 5.73 Å². The number of benzene rings is 1. The predicted octanol–water partition coefficient (Wildman–Crippen LogP) is 2.73. The first kappa shape index (κ1) is 11.6. The fourth-order valence-electron chi connectivity index (χ4n) is 2.32. The standard InChI is InChI=1S/C14H21NO/c1-10-3-4-13(9-11(10)2)14(15)12-5-7-16-8-6-12/h3-4,9,12,14H,5-8,15H2,1-2H3/t14-/m1/s1. The Morgan fingerprint density at radius 3 is 2.50 bits per heavy atom. The number of hydrogen-bond acceptors (Lipinski definition) is 2. The summed E-state index contributed by atoms with van der Waals surface area (Å²) in [5.41, 5.74) is 10.3. The molecule has 2 nitrogen and oxygen atoms in total. The van der Waals surface area contributed by atoms with Crippen molar-refractivity contribution in [1.29, 1.82) is 0 Å². The predicted molar refractivity (Wildman–Crippen MR) is 66.4 cm³/mol. The van der Waals surface area contributed by atoms with Crippen molar-refractivity contribution in [2.45, 2.75) is 32.7 Å². The van der Waals surface area contributed by atoms with E-state index >= 15 is 0 Å². The van der Waals surface area contributed by atoms with Gasteiger partial charge in [-0.25, -0.2) is 0 Å². The van der Waals surface area contributed by atoms with E-state index < -0.39 is 0 Å². The van der Waals surface area contributed by atoms with Crippen molar-refractivity contribution in [1.82, 2.24) is 0 Å². The molecule has 88 valence electrons. The lowest BCUT2D eigenvalue weighted by atomic mass is 9.87. The summed E-state index contributed by atoms with van der Waals surface area (Å²) >= 11 is 0. The lowest BCUT2D eigenvalue weighted by Gasteiger charge is -2.28. The maximum absolute atomic E-state index is 6.33. The van der Waals surface area contributed by atoms with Crippen LogP contribution in [-0.4, -0.2) is 13.2 Å². The Bertz CT molecular complexity index is 356. The third-order valence-corrected chi connectivity index (χ3v) is 3.69. The Labute approximate surface area is 97.8 Å². The van der Waals surface area contributed by atoms with Gasteiger partial charge in [0.1, 0.15) is 0 Å². The third-order valence-electron chi connectivity index (χ3n) is 3.69. The van der Waals surface area contributed by atoms with Crippen LogP contribution >= 0.6 is 0 Å². The van der Waals surface area contributed by atoms with Crippen LogP contribution in [0.4, 0.5) is 0 Å². The van der Waals surface area contributed by atoms with Gasteiger partial charge in [0.25, 0.3) is 0 Å². The quantitative estimate of drug-likeness (QED) is 0.830. The highest BCUT2D eigenvalue weighted by Gasteiger charge is 2.22. The lowest BCUT2D eigenvalue weighted by molar-refractivity contribution is 0.0584. The van der Waals surface area contributed by atoms with Gasteiger partial charge >= 0.3 is 0 Å². The van der Waals surface area contributed by atoms with Gasteiger partial charge in [-0.2, -0.15) is 0 Å². The number of nitrogens with two attached hydrogens (primary N) is 1. The maximum atomic E-state index is 6.33. The van der Waals surface area contributed by atoms with Crippen molar-refractivity contribution in [3.8, 4) is 0 Å². The molecule has 1 fully saturated rings. The number of ether oxygens (including phenoxy) is 1. The van der Waals surface area contributed by atoms with Gasteiger partial charge in [0.2, 0.25) is 0 Å². The summed E-state index contributed by atoms with van der Waals surface area (Å²) in [6.45, 7) is 6.01. The minimum Gasteiger partial charge on any atom is -0.381 e. The highest BCUT2D eigenvalue weighted by molar-refractivity contribution is 5.31. The van der Waals surface area contributed by atoms with E-state index in [2.05, 4.69) is 32.0 Å². The molecule has 0 spiro atoms. The summed E-state index contributed by atoms with van der Waals surface area (Å²) in [5.74, 6) is 0.579. The smallest absolute Gasteiger partial charge is 0.0469 e. The molecule has 0 amide bonds. The molecule has 0 radical (unpaired) electrons. The Kier molecular flexibility index (Phi) is 3.62. The first-order chi connectivity index (χ1) is 7.68. The van der Waals surface area contributed by atoms with Gasteiger partial charge < -0.3 is 10.5 Å². The summed E-state index contributed by atoms with van der Waals surface area (Å²) in [7, 11) is 0. The van der Waals surface area contributed by atoms with E-state index in [1.165, 1.54) is 16.7 Å². The SMILES string of the molecule is Cc1ccc([C@H](N)C2CCOCC2)cc1C. The van der Waals surface area contributed by atoms with Crippen molar-refractivity contribution in [2.75, 3.05) is 13.2 Å². The van der Waals surface area contributed by atoms with E-state index in [1.54, 1.807) is 0 Å². The minimum atomic E-state index is 0.170. The molecule has 0 aromatic heterocycles. The second kappa shape index (κ2) is 4.98. The van der Waals surface area contributed by atoms with Crippen molar-refractivity contribution in [3.05, 3.63) is 34.9 Å². The molecule has 2 rings (SSSR count). The van der Waals surface area contributed by atoms with Crippen LogP contribution in [0.5, 0.6) is 0 Å². The van der Waals surface area contributed by atoms with Crippen LogP contribution in [-0.2, 0) is 4.74 Å². The second-order valence-corrected chi connectivity index (χ2v) is 4.82. The largest absolute Gasteiger partial charge is 0.381 e. The highest BCUT2D eigenvalue weighted by atomic mass is 16.5. The van der Waals surface area contributed by atoms with Gasteiger partial charge in [0.05, 0.1) is 0 Å². The molecule has 1 aromatic carbocycles. The fraction of sp³-hybridized carbons (Fsp3) is 0.571. The number of aryl methyl sites for hydroxylation is 2. The molecule has 0 bridgehead atoms. The molecule has 16 heavy (non-hydrogen) atoms. The van der Waals surface area contributed by atoms with Crippen LogP contribution in [0.3, 0.4) is 0 Å². The van der Waals surface area contributed by atoms with Gasteiger partial charge in [0, 0.05) is 19.3 Å². The molecule has 2 heteroatoms. The molecule has 0 saturated carbocycles. The van der Waals surface area contributed by atoms with Crippen LogP contribution in [0.25, 0.3) is 0 Å². The minimum absolute atomic E-state index is 0.170. The third kappa shape index (κ3) is 2.45. The first-order valence-corrected chi connectivity index (χ1v) is 6.09. The summed E-state index contributed by atoms with van der Waals surface area (Å²) in [6, 6.07) is 6.74. The molecule has 2 N–H and O–H groups in total. The Morgan fingerprint density at radius 2 is 1.88 bits per heavy atom. The van der Waals surface area contributed by atoms with Crippen molar-refractivity contribution in [2.24, 2.45) is 11.7 Å². The van der Waals surface area contributed by atoms with Crippen LogP contribution in [0.2, 0.25) is 0 Å². The van der Waals surface area contributed by atoms with E-state index in [9.17, 15) is 0 Å². The fourth-order valence-corrected chi connectivity index (χ4v) is 2.32. The molecular weight excluding hydrogens is 198 g/mol.